The highest BCUT2D eigenvalue weighted by Gasteiger charge is 2.46. The minimum absolute atomic E-state index is 0.0898. The topological polar surface area (TPSA) is 17.1 Å². The molecule has 3 heteroatoms. The summed E-state index contributed by atoms with van der Waals surface area (Å²) in [6, 6.07) is 16.4. The first-order valence-corrected chi connectivity index (χ1v) is 9.86. The number of aldehydes is 1. The monoisotopic (exact) mass is 306 g/mol. The van der Waals surface area contributed by atoms with E-state index in [-0.39, 0.29) is 13.3 Å². The van der Waals surface area contributed by atoms with E-state index in [4.69, 9.17) is 7.85 Å². The fraction of sp³-hybridized carbons (Fsp3) is 0.316. The fourth-order valence-corrected chi connectivity index (χ4v) is 5.73. The van der Waals surface area contributed by atoms with Gasteiger partial charge in [-0.25, -0.2) is 0 Å². The lowest BCUT2D eigenvalue weighted by Crippen LogP contribution is -2.18. The van der Waals surface area contributed by atoms with E-state index in [1.807, 2.05) is 18.2 Å². The van der Waals surface area contributed by atoms with Crippen LogP contribution in [0.3, 0.4) is 0 Å². The minimum Gasteiger partial charge on any atom is -0.298 e. The molecular formula is C19H20BOP. The van der Waals surface area contributed by atoms with Crippen molar-refractivity contribution in [3.05, 3.63) is 65.2 Å². The van der Waals surface area contributed by atoms with Gasteiger partial charge in [0.05, 0.1) is 0 Å². The van der Waals surface area contributed by atoms with Crippen LogP contribution in [0.25, 0.3) is 0 Å². The Labute approximate surface area is 135 Å². The van der Waals surface area contributed by atoms with Crippen LogP contribution in [0.1, 0.15) is 34.3 Å². The maximum Gasteiger partial charge on any atom is 0.150 e. The van der Waals surface area contributed by atoms with Crippen molar-refractivity contribution in [2.45, 2.75) is 24.4 Å². The van der Waals surface area contributed by atoms with Gasteiger partial charge in [0.2, 0.25) is 0 Å². The summed E-state index contributed by atoms with van der Waals surface area (Å²) in [5, 5.41) is 0. The van der Waals surface area contributed by atoms with Crippen molar-refractivity contribution in [2.75, 3.05) is 12.8 Å². The van der Waals surface area contributed by atoms with Crippen molar-refractivity contribution in [3.63, 3.8) is 0 Å². The van der Waals surface area contributed by atoms with Gasteiger partial charge < -0.3 is 0 Å². The van der Waals surface area contributed by atoms with E-state index >= 15 is 0 Å². The molecule has 1 atom stereocenters. The SMILES string of the molecule is [B]c1ccc(C=O)c(C2(CP(C)Cc3ccccc3)CC2)c1. The van der Waals surface area contributed by atoms with Gasteiger partial charge in [-0.2, -0.15) is 0 Å². The van der Waals surface area contributed by atoms with Crippen molar-refractivity contribution < 1.29 is 4.79 Å². The summed E-state index contributed by atoms with van der Waals surface area (Å²) in [5.74, 6) is 0. The molecule has 3 rings (SSSR count). The number of benzene rings is 2. The molecule has 2 aromatic rings. The van der Waals surface area contributed by atoms with E-state index in [2.05, 4.69) is 37.0 Å². The normalized spacial score (nSPS) is 17.0. The number of carbonyl (C=O) groups is 1. The highest BCUT2D eigenvalue weighted by atomic mass is 31.1. The minimum atomic E-state index is -0.0898. The van der Waals surface area contributed by atoms with Gasteiger partial charge in [-0.05, 0) is 48.4 Å². The summed E-state index contributed by atoms with van der Waals surface area (Å²) in [6.45, 7) is 2.37. The van der Waals surface area contributed by atoms with Crippen LogP contribution in [-0.4, -0.2) is 27.0 Å². The van der Waals surface area contributed by atoms with Gasteiger partial charge in [-0.3, -0.25) is 4.79 Å². The molecule has 0 heterocycles. The first-order chi connectivity index (χ1) is 10.6. The zero-order valence-electron chi connectivity index (χ0n) is 13.0. The lowest BCUT2D eigenvalue weighted by Gasteiger charge is -2.23. The van der Waals surface area contributed by atoms with Crippen molar-refractivity contribution in [1.82, 2.24) is 0 Å². The highest BCUT2D eigenvalue weighted by Crippen LogP contribution is 2.56. The molecule has 1 unspecified atom stereocenters. The van der Waals surface area contributed by atoms with Gasteiger partial charge in [-0.1, -0.05) is 54.0 Å². The lowest BCUT2D eigenvalue weighted by atomic mass is 9.86. The maximum absolute atomic E-state index is 11.4. The molecule has 0 saturated heterocycles. The second kappa shape index (κ2) is 6.38. The second-order valence-electron chi connectivity index (χ2n) is 6.40. The van der Waals surface area contributed by atoms with Crippen molar-refractivity contribution in [1.29, 1.82) is 0 Å². The average molecular weight is 306 g/mol. The molecule has 1 fully saturated rings. The summed E-state index contributed by atoms with van der Waals surface area (Å²) >= 11 is 0. The highest BCUT2D eigenvalue weighted by molar-refractivity contribution is 7.56. The zero-order valence-corrected chi connectivity index (χ0v) is 13.9. The molecule has 110 valence electrons. The van der Waals surface area contributed by atoms with Gasteiger partial charge in [0.15, 0.2) is 0 Å². The van der Waals surface area contributed by atoms with Gasteiger partial charge in [-0.15, -0.1) is 7.92 Å². The summed E-state index contributed by atoms with van der Waals surface area (Å²) in [7, 11) is 5.86. The Hall–Kier alpha value is -1.40. The first-order valence-electron chi connectivity index (χ1n) is 7.71. The standard InChI is InChI=1S/C19H20BOP/c1-22(13-15-5-3-2-4-6-15)14-19(9-10-19)18-11-17(20)8-7-16(18)12-21/h2-8,11-12H,9-10,13-14H2,1H3. The van der Waals surface area contributed by atoms with Crippen LogP contribution >= 0.6 is 7.92 Å². The first kappa shape index (κ1) is 15.5. The average Bonchev–Trinajstić information content (AvgIpc) is 3.28. The molecule has 0 spiro atoms. The van der Waals surface area contributed by atoms with E-state index in [1.165, 1.54) is 30.1 Å². The Kier molecular flexibility index (Phi) is 4.50. The van der Waals surface area contributed by atoms with Gasteiger partial charge >= 0.3 is 0 Å². The summed E-state index contributed by atoms with van der Waals surface area (Å²) < 4.78 is 0. The van der Waals surface area contributed by atoms with Crippen molar-refractivity contribution in [2.24, 2.45) is 0 Å². The Morgan fingerprint density at radius 1 is 1.18 bits per heavy atom. The molecule has 0 bridgehead atoms. The van der Waals surface area contributed by atoms with Crippen molar-refractivity contribution in [3.8, 4) is 0 Å². The van der Waals surface area contributed by atoms with E-state index in [0.29, 0.717) is 0 Å². The smallest absolute Gasteiger partial charge is 0.150 e. The quantitative estimate of drug-likeness (QED) is 0.452. The number of hydrogen-bond acceptors (Lipinski definition) is 1. The third-order valence-electron chi connectivity index (χ3n) is 4.50. The van der Waals surface area contributed by atoms with Gasteiger partial charge in [0.25, 0.3) is 0 Å². The van der Waals surface area contributed by atoms with Crippen LogP contribution in [0.15, 0.2) is 48.5 Å². The number of hydrogen-bond donors (Lipinski definition) is 0. The molecule has 22 heavy (non-hydrogen) atoms. The van der Waals surface area contributed by atoms with Crippen LogP contribution in [0, 0.1) is 0 Å². The number of carbonyl (C=O) groups excluding carboxylic acids is 1. The Morgan fingerprint density at radius 3 is 2.55 bits per heavy atom. The predicted molar refractivity (Wildman–Crippen MR) is 96.0 cm³/mol. The fourth-order valence-electron chi connectivity index (χ4n) is 3.27. The molecule has 1 saturated carbocycles. The molecule has 0 aliphatic heterocycles. The summed E-state index contributed by atoms with van der Waals surface area (Å²) in [5.41, 5.74) is 4.35. The predicted octanol–water partition coefficient (Wildman–Crippen LogP) is 3.64. The Morgan fingerprint density at radius 2 is 1.91 bits per heavy atom. The van der Waals surface area contributed by atoms with Crippen LogP contribution in [0.4, 0.5) is 0 Å². The molecular weight excluding hydrogens is 286 g/mol. The molecule has 2 radical (unpaired) electrons. The van der Waals surface area contributed by atoms with Crippen molar-refractivity contribution >= 4 is 27.5 Å². The molecule has 1 aliphatic carbocycles. The molecule has 1 nitrogen and oxygen atoms in total. The van der Waals surface area contributed by atoms with E-state index in [9.17, 15) is 4.79 Å². The third-order valence-corrected chi connectivity index (χ3v) is 6.55. The maximum atomic E-state index is 11.4. The van der Waals surface area contributed by atoms with Gasteiger partial charge in [0.1, 0.15) is 14.1 Å². The van der Waals surface area contributed by atoms with E-state index in [0.717, 1.165) is 23.5 Å². The Balaban J connectivity index is 1.77. The van der Waals surface area contributed by atoms with Crippen LogP contribution in [-0.2, 0) is 11.6 Å². The zero-order chi connectivity index (χ0) is 15.6. The Bertz CT molecular complexity index is 664. The number of rotatable bonds is 6. The molecule has 0 N–H and O–H groups in total. The molecule has 0 amide bonds. The molecule has 1 aliphatic rings. The van der Waals surface area contributed by atoms with Gasteiger partial charge in [0, 0.05) is 5.56 Å². The van der Waals surface area contributed by atoms with E-state index in [1.54, 1.807) is 0 Å². The lowest BCUT2D eigenvalue weighted by molar-refractivity contribution is 0.112. The third kappa shape index (κ3) is 3.33. The van der Waals surface area contributed by atoms with E-state index < -0.39 is 0 Å². The largest absolute Gasteiger partial charge is 0.298 e. The summed E-state index contributed by atoms with van der Waals surface area (Å²) in [6.07, 6.45) is 5.67. The van der Waals surface area contributed by atoms with Crippen LogP contribution < -0.4 is 5.46 Å². The molecule has 2 aromatic carbocycles. The molecule has 0 aromatic heterocycles. The second-order valence-corrected chi connectivity index (χ2v) is 8.75. The summed E-state index contributed by atoms with van der Waals surface area (Å²) in [4.78, 5) is 11.4. The van der Waals surface area contributed by atoms with Crippen LogP contribution in [0.2, 0.25) is 0 Å². The van der Waals surface area contributed by atoms with Crippen LogP contribution in [0.5, 0.6) is 0 Å².